The molecule has 2 rings (SSSR count). The summed E-state index contributed by atoms with van der Waals surface area (Å²) in [6, 6.07) is 6.33. The van der Waals surface area contributed by atoms with E-state index in [1.54, 1.807) is 30.3 Å². The molecule has 1 fully saturated rings. The average molecular weight is 389 g/mol. The number of hydrogen-bond donors (Lipinski definition) is 2. The number of amides is 2. The van der Waals surface area contributed by atoms with E-state index < -0.39 is 12.0 Å². The van der Waals surface area contributed by atoms with Gasteiger partial charge in [-0.15, -0.1) is 0 Å². The SMILES string of the molecule is C=CCOc1ccc(NCC(=O)N2CCNC(=O)C2CC(=O)OCCC)cc1. The molecule has 28 heavy (non-hydrogen) atoms. The third kappa shape index (κ3) is 6.29. The van der Waals surface area contributed by atoms with Gasteiger partial charge in [-0.05, 0) is 30.7 Å². The van der Waals surface area contributed by atoms with Crippen molar-refractivity contribution < 1.29 is 23.9 Å². The Balaban J connectivity index is 1.91. The van der Waals surface area contributed by atoms with Crippen LogP contribution in [0.25, 0.3) is 0 Å². The quantitative estimate of drug-likeness (QED) is 0.463. The molecule has 152 valence electrons. The lowest BCUT2D eigenvalue weighted by Crippen LogP contribution is -2.58. The van der Waals surface area contributed by atoms with Gasteiger partial charge in [0.15, 0.2) is 0 Å². The minimum atomic E-state index is -0.845. The zero-order valence-corrected chi connectivity index (χ0v) is 16.1. The summed E-state index contributed by atoms with van der Waals surface area (Å²) in [7, 11) is 0. The molecular weight excluding hydrogens is 362 g/mol. The Morgan fingerprint density at radius 1 is 1.36 bits per heavy atom. The highest BCUT2D eigenvalue weighted by molar-refractivity contribution is 5.93. The fourth-order valence-corrected chi connectivity index (χ4v) is 2.75. The lowest BCUT2D eigenvalue weighted by molar-refractivity contribution is -0.151. The van der Waals surface area contributed by atoms with Crippen LogP contribution >= 0.6 is 0 Å². The lowest BCUT2D eigenvalue weighted by atomic mass is 10.1. The fourth-order valence-electron chi connectivity index (χ4n) is 2.75. The number of anilines is 1. The molecule has 0 saturated carbocycles. The summed E-state index contributed by atoms with van der Waals surface area (Å²) in [6.07, 6.45) is 2.22. The van der Waals surface area contributed by atoms with E-state index in [9.17, 15) is 14.4 Å². The van der Waals surface area contributed by atoms with Gasteiger partial charge in [-0.3, -0.25) is 14.4 Å². The van der Waals surface area contributed by atoms with Gasteiger partial charge >= 0.3 is 5.97 Å². The summed E-state index contributed by atoms with van der Waals surface area (Å²) in [5.41, 5.74) is 0.750. The van der Waals surface area contributed by atoms with Crippen LogP contribution in [0.5, 0.6) is 5.75 Å². The van der Waals surface area contributed by atoms with E-state index in [2.05, 4.69) is 17.2 Å². The highest BCUT2D eigenvalue weighted by Gasteiger charge is 2.34. The summed E-state index contributed by atoms with van der Waals surface area (Å²) in [4.78, 5) is 38.1. The number of benzene rings is 1. The van der Waals surface area contributed by atoms with Crippen molar-refractivity contribution >= 4 is 23.5 Å². The molecule has 8 heteroatoms. The van der Waals surface area contributed by atoms with E-state index in [0.29, 0.717) is 38.5 Å². The van der Waals surface area contributed by atoms with Crippen molar-refractivity contribution in [1.29, 1.82) is 0 Å². The van der Waals surface area contributed by atoms with Gasteiger partial charge in [0.2, 0.25) is 11.8 Å². The summed E-state index contributed by atoms with van der Waals surface area (Å²) in [5.74, 6) is -0.369. The molecule has 0 aromatic heterocycles. The van der Waals surface area contributed by atoms with Crippen molar-refractivity contribution in [1.82, 2.24) is 10.2 Å². The predicted octanol–water partition coefficient (Wildman–Crippen LogP) is 1.33. The number of esters is 1. The van der Waals surface area contributed by atoms with E-state index >= 15 is 0 Å². The molecule has 1 aliphatic rings. The zero-order chi connectivity index (χ0) is 20.4. The van der Waals surface area contributed by atoms with Crippen LogP contribution < -0.4 is 15.4 Å². The molecule has 1 aromatic carbocycles. The third-order valence-electron chi connectivity index (χ3n) is 4.14. The summed E-state index contributed by atoms with van der Waals surface area (Å²) in [5, 5.41) is 5.73. The second-order valence-electron chi connectivity index (χ2n) is 6.30. The summed E-state index contributed by atoms with van der Waals surface area (Å²) < 4.78 is 10.5. The number of piperazine rings is 1. The maximum absolute atomic E-state index is 12.6. The van der Waals surface area contributed by atoms with Gasteiger partial charge in [0.05, 0.1) is 19.6 Å². The molecule has 0 spiro atoms. The molecule has 1 aliphatic heterocycles. The molecule has 1 atom stereocenters. The van der Waals surface area contributed by atoms with Crippen LogP contribution in [0.2, 0.25) is 0 Å². The van der Waals surface area contributed by atoms with Crippen LogP contribution in [-0.4, -0.2) is 61.6 Å². The van der Waals surface area contributed by atoms with Gasteiger partial charge in [-0.2, -0.15) is 0 Å². The summed E-state index contributed by atoms with van der Waals surface area (Å²) >= 11 is 0. The second-order valence-corrected chi connectivity index (χ2v) is 6.30. The number of hydrogen-bond acceptors (Lipinski definition) is 6. The standard InChI is InChI=1S/C20H27N3O5/c1-3-11-27-16-7-5-15(6-8-16)22-14-18(24)23-10-9-21-20(26)17(23)13-19(25)28-12-4-2/h3,5-8,17,22H,1,4,9-14H2,2H3,(H,21,26). The Hall–Kier alpha value is -3.03. The van der Waals surface area contributed by atoms with Crippen LogP contribution in [0.3, 0.4) is 0 Å². The van der Waals surface area contributed by atoms with Crippen molar-refractivity contribution in [3.63, 3.8) is 0 Å². The number of nitrogens with one attached hydrogen (secondary N) is 2. The van der Waals surface area contributed by atoms with Crippen LogP contribution in [0.1, 0.15) is 19.8 Å². The number of nitrogens with zero attached hydrogens (tertiary/aromatic N) is 1. The minimum absolute atomic E-state index is 0.0145. The van der Waals surface area contributed by atoms with Gasteiger partial charge < -0.3 is 25.0 Å². The first-order valence-electron chi connectivity index (χ1n) is 9.35. The van der Waals surface area contributed by atoms with E-state index in [4.69, 9.17) is 9.47 Å². The average Bonchev–Trinajstić information content (AvgIpc) is 2.71. The van der Waals surface area contributed by atoms with Crippen molar-refractivity contribution in [2.24, 2.45) is 0 Å². The molecule has 0 radical (unpaired) electrons. The Bertz CT molecular complexity index is 690. The maximum Gasteiger partial charge on any atom is 0.308 e. The van der Waals surface area contributed by atoms with Crippen LogP contribution in [0.4, 0.5) is 5.69 Å². The second kappa shape index (κ2) is 11.0. The fraction of sp³-hybridized carbons (Fsp3) is 0.450. The van der Waals surface area contributed by atoms with Crippen LogP contribution in [-0.2, 0) is 19.1 Å². The van der Waals surface area contributed by atoms with E-state index in [1.807, 2.05) is 6.92 Å². The molecule has 0 aliphatic carbocycles. The largest absolute Gasteiger partial charge is 0.490 e. The summed E-state index contributed by atoms with van der Waals surface area (Å²) in [6.45, 7) is 6.93. The van der Waals surface area contributed by atoms with Crippen molar-refractivity contribution in [3.8, 4) is 5.75 Å². The zero-order valence-electron chi connectivity index (χ0n) is 16.1. The monoisotopic (exact) mass is 389 g/mol. The first-order valence-corrected chi connectivity index (χ1v) is 9.35. The number of carbonyl (C=O) groups excluding carboxylic acids is 3. The Morgan fingerprint density at radius 3 is 2.79 bits per heavy atom. The highest BCUT2D eigenvalue weighted by Crippen LogP contribution is 2.16. The Kier molecular flexibility index (Phi) is 8.33. The molecular formula is C20H27N3O5. The normalized spacial score (nSPS) is 16.1. The van der Waals surface area contributed by atoms with E-state index in [1.165, 1.54) is 4.90 Å². The van der Waals surface area contributed by atoms with Gasteiger partial charge in [0, 0.05) is 18.8 Å². The first kappa shape index (κ1) is 21.3. The van der Waals surface area contributed by atoms with E-state index in [0.717, 1.165) is 5.69 Å². The predicted molar refractivity (Wildman–Crippen MR) is 105 cm³/mol. The molecule has 1 heterocycles. The lowest BCUT2D eigenvalue weighted by Gasteiger charge is -2.34. The van der Waals surface area contributed by atoms with Gasteiger partial charge in [0.25, 0.3) is 0 Å². The molecule has 2 amide bonds. The number of rotatable bonds is 10. The Labute approximate surface area is 164 Å². The molecule has 1 aromatic rings. The minimum Gasteiger partial charge on any atom is -0.490 e. The van der Waals surface area contributed by atoms with Crippen molar-refractivity contribution in [3.05, 3.63) is 36.9 Å². The number of ether oxygens (including phenoxy) is 2. The molecule has 8 nitrogen and oxygen atoms in total. The third-order valence-corrected chi connectivity index (χ3v) is 4.14. The van der Waals surface area contributed by atoms with Crippen LogP contribution in [0.15, 0.2) is 36.9 Å². The van der Waals surface area contributed by atoms with Crippen molar-refractivity contribution in [2.45, 2.75) is 25.8 Å². The van der Waals surface area contributed by atoms with E-state index in [-0.39, 0.29) is 24.8 Å². The van der Waals surface area contributed by atoms with Crippen LogP contribution in [0, 0.1) is 0 Å². The molecule has 1 saturated heterocycles. The number of carbonyl (C=O) groups is 3. The molecule has 1 unspecified atom stereocenters. The van der Waals surface area contributed by atoms with Gasteiger partial charge in [-0.1, -0.05) is 19.6 Å². The van der Waals surface area contributed by atoms with Gasteiger partial charge in [0.1, 0.15) is 18.4 Å². The highest BCUT2D eigenvalue weighted by atomic mass is 16.5. The Morgan fingerprint density at radius 2 is 2.11 bits per heavy atom. The van der Waals surface area contributed by atoms with Gasteiger partial charge in [-0.25, -0.2) is 0 Å². The first-order chi connectivity index (χ1) is 13.5. The maximum atomic E-state index is 12.6. The smallest absolute Gasteiger partial charge is 0.308 e. The molecule has 0 bridgehead atoms. The topological polar surface area (TPSA) is 97.0 Å². The molecule has 2 N–H and O–H groups in total. The van der Waals surface area contributed by atoms with Crippen molar-refractivity contribution in [2.75, 3.05) is 38.2 Å².